The molecule has 21 heavy (non-hydrogen) atoms. The predicted octanol–water partition coefficient (Wildman–Crippen LogP) is 3.37. The normalized spacial score (nSPS) is 19.3. The number of nitrogens with zero attached hydrogens (tertiary/aromatic N) is 3. The number of benzene rings is 1. The maximum Gasteiger partial charge on any atom is 0.416 e. The van der Waals surface area contributed by atoms with Gasteiger partial charge in [0.05, 0.1) is 28.9 Å². The Morgan fingerprint density at radius 3 is 2.57 bits per heavy atom. The van der Waals surface area contributed by atoms with Crippen LogP contribution in [0.5, 0.6) is 0 Å². The van der Waals surface area contributed by atoms with E-state index >= 15 is 0 Å². The van der Waals surface area contributed by atoms with Crippen molar-refractivity contribution in [1.82, 2.24) is 4.90 Å². The fourth-order valence-electron chi connectivity index (χ4n) is 1.99. The van der Waals surface area contributed by atoms with E-state index in [0.29, 0.717) is 5.57 Å². The molecule has 1 aromatic carbocycles. The zero-order valence-corrected chi connectivity index (χ0v) is 11.3. The lowest BCUT2D eigenvalue weighted by Gasteiger charge is -2.35. The molecule has 2 amide bonds. The Morgan fingerprint density at radius 2 is 2.00 bits per heavy atom. The number of anilines is 1. The summed E-state index contributed by atoms with van der Waals surface area (Å²) in [5, 5.41) is 9.05. The fourth-order valence-corrected chi connectivity index (χ4v) is 1.99. The standard InChI is InChI=1S/C14H12F3N3O/c1-9-10(7-18)8-20(13(21)19(9)2)12-5-3-4-11(6-12)14(15,16)17/h3-6,8-9H,1-2H3. The van der Waals surface area contributed by atoms with E-state index in [4.69, 9.17) is 5.26 Å². The summed E-state index contributed by atoms with van der Waals surface area (Å²) in [6.07, 6.45) is -3.21. The highest BCUT2D eigenvalue weighted by molar-refractivity contribution is 5.95. The van der Waals surface area contributed by atoms with E-state index < -0.39 is 23.8 Å². The van der Waals surface area contributed by atoms with Gasteiger partial charge in [-0.15, -0.1) is 0 Å². The Labute approximate surface area is 119 Å². The van der Waals surface area contributed by atoms with Crippen LogP contribution in [-0.2, 0) is 6.18 Å². The second-order valence-corrected chi connectivity index (χ2v) is 4.68. The van der Waals surface area contributed by atoms with Gasteiger partial charge in [0, 0.05) is 13.2 Å². The van der Waals surface area contributed by atoms with Crippen LogP contribution in [0.15, 0.2) is 36.0 Å². The van der Waals surface area contributed by atoms with Gasteiger partial charge in [-0.3, -0.25) is 4.90 Å². The number of alkyl halides is 3. The number of amides is 2. The average molecular weight is 295 g/mol. The maximum atomic E-state index is 12.7. The van der Waals surface area contributed by atoms with Crippen LogP contribution in [0.2, 0.25) is 0 Å². The molecule has 1 aliphatic heterocycles. The summed E-state index contributed by atoms with van der Waals surface area (Å²) in [6.45, 7) is 1.68. The summed E-state index contributed by atoms with van der Waals surface area (Å²) in [4.78, 5) is 14.5. The van der Waals surface area contributed by atoms with Crippen molar-refractivity contribution in [2.45, 2.75) is 19.1 Å². The maximum absolute atomic E-state index is 12.7. The Bertz CT molecular complexity index is 646. The molecular weight excluding hydrogens is 283 g/mol. The molecule has 1 aliphatic rings. The van der Waals surface area contributed by atoms with Crippen molar-refractivity contribution in [1.29, 1.82) is 5.26 Å². The van der Waals surface area contributed by atoms with Gasteiger partial charge in [-0.05, 0) is 25.1 Å². The van der Waals surface area contributed by atoms with E-state index in [1.807, 2.05) is 6.07 Å². The number of likely N-dealkylation sites (N-methyl/N-ethyl adjacent to an activating group) is 1. The molecule has 0 aromatic heterocycles. The first-order chi connectivity index (χ1) is 9.75. The topological polar surface area (TPSA) is 47.3 Å². The van der Waals surface area contributed by atoms with E-state index in [2.05, 4.69) is 0 Å². The van der Waals surface area contributed by atoms with Crippen LogP contribution in [0.4, 0.5) is 23.7 Å². The lowest BCUT2D eigenvalue weighted by molar-refractivity contribution is -0.137. The quantitative estimate of drug-likeness (QED) is 0.797. The van der Waals surface area contributed by atoms with E-state index in [9.17, 15) is 18.0 Å². The van der Waals surface area contributed by atoms with E-state index in [1.165, 1.54) is 30.3 Å². The van der Waals surface area contributed by atoms with Crippen LogP contribution in [0, 0.1) is 11.3 Å². The van der Waals surface area contributed by atoms with Crippen molar-refractivity contribution in [2.75, 3.05) is 11.9 Å². The summed E-state index contributed by atoms with van der Waals surface area (Å²) in [5.41, 5.74) is -0.475. The highest BCUT2D eigenvalue weighted by Gasteiger charge is 2.33. The molecule has 1 aromatic rings. The zero-order valence-electron chi connectivity index (χ0n) is 11.3. The van der Waals surface area contributed by atoms with Gasteiger partial charge in [-0.1, -0.05) is 6.07 Å². The second kappa shape index (κ2) is 5.13. The fraction of sp³-hybridized carbons (Fsp3) is 0.286. The number of urea groups is 1. The van der Waals surface area contributed by atoms with E-state index in [0.717, 1.165) is 17.0 Å². The van der Waals surface area contributed by atoms with Crippen LogP contribution in [0.1, 0.15) is 12.5 Å². The van der Waals surface area contributed by atoms with Crippen molar-refractivity contribution < 1.29 is 18.0 Å². The molecule has 1 atom stereocenters. The molecule has 0 bridgehead atoms. The molecule has 2 rings (SSSR count). The summed E-state index contributed by atoms with van der Waals surface area (Å²) in [6, 6.07) is 5.48. The van der Waals surface area contributed by atoms with Crippen molar-refractivity contribution in [3.63, 3.8) is 0 Å². The first-order valence-corrected chi connectivity index (χ1v) is 6.11. The second-order valence-electron chi connectivity index (χ2n) is 4.68. The molecule has 0 fully saturated rings. The largest absolute Gasteiger partial charge is 0.416 e. The zero-order chi connectivity index (χ0) is 15.8. The molecule has 110 valence electrons. The molecule has 0 saturated carbocycles. The van der Waals surface area contributed by atoms with Crippen molar-refractivity contribution in [3.8, 4) is 6.07 Å². The van der Waals surface area contributed by atoms with Gasteiger partial charge in [0.15, 0.2) is 0 Å². The average Bonchev–Trinajstić information content (AvgIpc) is 2.44. The monoisotopic (exact) mass is 295 g/mol. The lowest BCUT2D eigenvalue weighted by Crippen LogP contribution is -2.48. The van der Waals surface area contributed by atoms with E-state index in [-0.39, 0.29) is 5.69 Å². The van der Waals surface area contributed by atoms with Crippen molar-refractivity contribution >= 4 is 11.7 Å². The minimum atomic E-state index is -4.49. The lowest BCUT2D eigenvalue weighted by atomic mass is 10.1. The Kier molecular flexibility index (Phi) is 3.64. The SMILES string of the molecule is CC1C(C#N)=CN(c2cccc(C(F)(F)F)c2)C(=O)N1C. The third-order valence-corrected chi connectivity index (χ3v) is 3.39. The number of hydrogen-bond acceptors (Lipinski definition) is 2. The molecule has 0 spiro atoms. The molecule has 0 radical (unpaired) electrons. The molecule has 0 saturated heterocycles. The smallest absolute Gasteiger partial charge is 0.320 e. The van der Waals surface area contributed by atoms with Gasteiger partial charge in [-0.2, -0.15) is 18.4 Å². The number of halogens is 3. The van der Waals surface area contributed by atoms with Gasteiger partial charge in [0.2, 0.25) is 0 Å². The number of hydrogen-bond donors (Lipinski definition) is 0. The van der Waals surface area contributed by atoms with Crippen LogP contribution in [0.3, 0.4) is 0 Å². The predicted molar refractivity (Wildman–Crippen MR) is 70.2 cm³/mol. The third kappa shape index (κ3) is 2.70. The van der Waals surface area contributed by atoms with Gasteiger partial charge >= 0.3 is 12.2 Å². The minimum Gasteiger partial charge on any atom is -0.320 e. The summed E-state index contributed by atoms with van der Waals surface area (Å²) >= 11 is 0. The van der Waals surface area contributed by atoms with Crippen LogP contribution >= 0.6 is 0 Å². The van der Waals surface area contributed by atoms with Gasteiger partial charge in [0.1, 0.15) is 0 Å². The number of nitriles is 1. The molecular formula is C14H12F3N3O. The molecule has 7 heteroatoms. The Hall–Kier alpha value is -2.49. The van der Waals surface area contributed by atoms with Crippen molar-refractivity contribution in [2.24, 2.45) is 0 Å². The molecule has 1 heterocycles. The van der Waals surface area contributed by atoms with Crippen LogP contribution in [0.25, 0.3) is 0 Å². The molecule has 0 aliphatic carbocycles. The molecule has 1 unspecified atom stereocenters. The highest BCUT2D eigenvalue weighted by Crippen LogP contribution is 2.33. The summed E-state index contributed by atoms with van der Waals surface area (Å²) < 4.78 is 38.2. The number of carbonyl (C=O) groups is 1. The molecule has 0 N–H and O–H groups in total. The highest BCUT2D eigenvalue weighted by atomic mass is 19.4. The Morgan fingerprint density at radius 1 is 1.33 bits per heavy atom. The number of rotatable bonds is 1. The van der Waals surface area contributed by atoms with Crippen molar-refractivity contribution in [3.05, 3.63) is 41.6 Å². The first kappa shape index (κ1) is 14.9. The van der Waals surface area contributed by atoms with Gasteiger partial charge in [-0.25, -0.2) is 4.79 Å². The molecule has 4 nitrogen and oxygen atoms in total. The van der Waals surface area contributed by atoms with Crippen LogP contribution in [-0.4, -0.2) is 24.0 Å². The minimum absolute atomic E-state index is 0.0707. The first-order valence-electron chi connectivity index (χ1n) is 6.11. The van der Waals surface area contributed by atoms with Gasteiger partial charge < -0.3 is 4.90 Å². The Balaban J connectivity index is 2.49. The van der Waals surface area contributed by atoms with E-state index in [1.54, 1.807) is 6.92 Å². The van der Waals surface area contributed by atoms with Crippen LogP contribution < -0.4 is 4.90 Å². The third-order valence-electron chi connectivity index (χ3n) is 3.39. The number of carbonyl (C=O) groups excluding carboxylic acids is 1. The summed E-state index contributed by atoms with van der Waals surface area (Å²) in [5.74, 6) is 0. The summed E-state index contributed by atoms with van der Waals surface area (Å²) in [7, 11) is 1.50. The van der Waals surface area contributed by atoms with Gasteiger partial charge in [0.25, 0.3) is 0 Å².